The minimum absolute atomic E-state index is 0.659. The molecule has 70 valence electrons. The summed E-state index contributed by atoms with van der Waals surface area (Å²) in [5.74, 6) is 0.771. The van der Waals surface area contributed by atoms with Crippen LogP contribution in [-0.2, 0) is 0 Å². The van der Waals surface area contributed by atoms with Gasteiger partial charge < -0.3 is 5.32 Å². The minimum Gasteiger partial charge on any atom is -0.364 e. The van der Waals surface area contributed by atoms with Gasteiger partial charge in [-0.05, 0) is 6.26 Å². The molecule has 0 unspecified atom stereocenters. The Morgan fingerprint density at radius 1 is 1.69 bits per heavy atom. The second-order valence-electron chi connectivity index (χ2n) is 2.32. The zero-order valence-corrected chi connectivity index (χ0v) is 9.65. The largest absolute Gasteiger partial charge is 0.364 e. The minimum atomic E-state index is 0.659. The lowest BCUT2D eigenvalue weighted by atomic mass is 10.6. The van der Waals surface area contributed by atoms with Gasteiger partial charge in [-0.2, -0.15) is 0 Å². The molecule has 0 aromatic carbocycles. The van der Waals surface area contributed by atoms with E-state index >= 15 is 0 Å². The van der Waals surface area contributed by atoms with Crippen LogP contribution in [0.4, 0.5) is 5.82 Å². The summed E-state index contributed by atoms with van der Waals surface area (Å²) in [6, 6.07) is 0. The molecule has 1 N–H and O–H groups in total. The first kappa shape index (κ1) is 10.5. The molecule has 0 radical (unpaired) electrons. The Morgan fingerprint density at radius 2 is 2.46 bits per heavy atom. The van der Waals surface area contributed by atoms with Crippen LogP contribution in [0.5, 0.6) is 0 Å². The molecule has 0 aliphatic rings. The molecule has 0 saturated carbocycles. The second-order valence-corrected chi connectivity index (χ2v) is 4.27. The van der Waals surface area contributed by atoms with E-state index in [0.717, 1.165) is 15.3 Å². The van der Waals surface area contributed by atoms with Crippen molar-refractivity contribution in [3.63, 3.8) is 0 Å². The average Bonchev–Trinajstić information content (AvgIpc) is 2.15. The molecule has 1 aromatic rings. The van der Waals surface area contributed by atoms with Gasteiger partial charge in [-0.1, -0.05) is 22.5 Å². The fraction of sp³-hybridized carbons (Fsp3) is 0.250. The zero-order chi connectivity index (χ0) is 9.68. The highest BCUT2D eigenvalue weighted by Gasteiger charge is 1.96. The maximum Gasteiger partial charge on any atom is 0.146 e. The van der Waals surface area contributed by atoms with E-state index in [1.165, 1.54) is 0 Å². The molecule has 1 aromatic heterocycles. The first-order valence-corrected chi connectivity index (χ1v) is 5.67. The topological polar surface area (TPSA) is 37.8 Å². The van der Waals surface area contributed by atoms with Crippen LogP contribution in [0.2, 0.25) is 0 Å². The van der Waals surface area contributed by atoms with Crippen LogP contribution in [-0.4, -0.2) is 22.8 Å². The summed E-state index contributed by atoms with van der Waals surface area (Å²) in [6.45, 7) is 4.37. The molecule has 0 aliphatic heterocycles. The van der Waals surface area contributed by atoms with Crippen LogP contribution in [0.1, 0.15) is 0 Å². The highest BCUT2D eigenvalue weighted by Crippen LogP contribution is 2.12. The molecule has 1 rings (SSSR count). The molecule has 0 spiro atoms. The first-order chi connectivity index (χ1) is 6.22. The Hall–Kier alpha value is -0.550. The molecule has 0 amide bonds. The molecular weight excluding hydrogens is 250 g/mol. The van der Waals surface area contributed by atoms with Crippen LogP contribution in [0.3, 0.4) is 0 Å². The van der Waals surface area contributed by atoms with Crippen LogP contribution in [0.15, 0.2) is 28.5 Å². The van der Waals surface area contributed by atoms with Crippen molar-refractivity contribution in [1.29, 1.82) is 0 Å². The quantitative estimate of drug-likeness (QED) is 0.844. The van der Waals surface area contributed by atoms with E-state index in [1.807, 2.05) is 6.26 Å². The van der Waals surface area contributed by atoms with E-state index in [2.05, 4.69) is 37.8 Å². The lowest BCUT2D eigenvalue weighted by Crippen LogP contribution is -2.03. The fourth-order valence-electron chi connectivity index (χ4n) is 0.718. The first-order valence-electron chi connectivity index (χ1n) is 3.65. The molecule has 5 heteroatoms. The highest BCUT2D eigenvalue weighted by atomic mass is 79.9. The third-order valence-electron chi connectivity index (χ3n) is 1.28. The van der Waals surface area contributed by atoms with E-state index < -0.39 is 0 Å². The molecule has 3 nitrogen and oxygen atoms in total. The summed E-state index contributed by atoms with van der Waals surface area (Å²) < 4.78 is 0.892. The van der Waals surface area contributed by atoms with Crippen LogP contribution in [0, 0.1) is 0 Å². The fourth-order valence-corrected chi connectivity index (χ4v) is 1.21. The van der Waals surface area contributed by atoms with Gasteiger partial charge in [-0.15, -0.1) is 11.8 Å². The summed E-state index contributed by atoms with van der Waals surface area (Å²) in [6.07, 6.45) is 5.39. The van der Waals surface area contributed by atoms with Crippen molar-refractivity contribution in [2.24, 2.45) is 0 Å². The predicted octanol–water partition coefficient (Wildman–Crippen LogP) is 2.52. The Balaban J connectivity index is 2.61. The molecule has 0 atom stereocenters. The van der Waals surface area contributed by atoms with Crippen LogP contribution in [0.25, 0.3) is 0 Å². The second kappa shape index (κ2) is 5.24. The number of rotatable bonds is 4. The van der Waals surface area contributed by atoms with Crippen molar-refractivity contribution in [3.8, 4) is 0 Å². The van der Waals surface area contributed by atoms with Crippen molar-refractivity contribution >= 4 is 33.5 Å². The van der Waals surface area contributed by atoms with E-state index in [0.29, 0.717) is 6.54 Å². The van der Waals surface area contributed by atoms with E-state index in [1.54, 1.807) is 24.2 Å². The lowest BCUT2D eigenvalue weighted by Gasteiger charge is -2.03. The summed E-state index contributed by atoms with van der Waals surface area (Å²) >= 11 is 4.83. The van der Waals surface area contributed by atoms with Gasteiger partial charge in [0.2, 0.25) is 0 Å². The Kier molecular flexibility index (Phi) is 4.24. The monoisotopic (exact) mass is 259 g/mol. The summed E-state index contributed by atoms with van der Waals surface area (Å²) in [7, 11) is 0. The third kappa shape index (κ3) is 3.78. The van der Waals surface area contributed by atoms with Gasteiger partial charge in [-0.3, -0.25) is 4.98 Å². The summed E-state index contributed by atoms with van der Waals surface area (Å²) in [4.78, 5) is 8.33. The number of nitrogens with one attached hydrogen (secondary N) is 1. The van der Waals surface area contributed by atoms with Gasteiger partial charge >= 0.3 is 0 Å². The molecule has 13 heavy (non-hydrogen) atoms. The predicted molar refractivity (Wildman–Crippen MR) is 60.4 cm³/mol. The highest BCUT2D eigenvalue weighted by molar-refractivity contribution is 9.11. The molecule has 1 heterocycles. The Labute approximate surface area is 90.2 Å². The van der Waals surface area contributed by atoms with Gasteiger partial charge in [0.15, 0.2) is 0 Å². The number of nitrogens with zero attached hydrogens (tertiary/aromatic N) is 2. The zero-order valence-electron chi connectivity index (χ0n) is 7.25. The smallest absolute Gasteiger partial charge is 0.146 e. The Morgan fingerprint density at radius 3 is 3.08 bits per heavy atom. The van der Waals surface area contributed by atoms with Crippen LogP contribution < -0.4 is 5.32 Å². The molecule has 0 saturated heterocycles. The van der Waals surface area contributed by atoms with Crippen molar-refractivity contribution < 1.29 is 0 Å². The molecule has 0 bridgehead atoms. The number of hydrogen-bond acceptors (Lipinski definition) is 4. The number of halogens is 1. The SMILES string of the molecule is C=C(Br)CNc1cncc(SC)n1. The lowest BCUT2D eigenvalue weighted by molar-refractivity contribution is 1.04. The number of hydrogen-bond donors (Lipinski definition) is 1. The van der Waals surface area contributed by atoms with Gasteiger partial charge in [-0.25, -0.2) is 4.98 Å². The van der Waals surface area contributed by atoms with Crippen molar-refractivity contribution in [2.75, 3.05) is 18.1 Å². The normalized spacial score (nSPS) is 9.69. The van der Waals surface area contributed by atoms with E-state index in [4.69, 9.17) is 0 Å². The molecular formula is C8H10BrN3S. The summed E-state index contributed by atoms with van der Waals surface area (Å²) in [5.41, 5.74) is 0. The number of aromatic nitrogens is 2. The molecule has 0 fully saturated rings. The van der Waals surface area contributed by atoms with Crippen molar-refractivity contribution in [2.45, 2.75) is 5.03 Å². The van der Waals surface area contributed by atoms with Crippen molar-refractivity contribution in [1.82, 2.24) is 9.97 Å². The maximum atomic E-state index is 4.29. The van der Waals surface area contributed by atoms with Gasteiger partial charge in [0, 0.05) is 11.0 Å². The number of anilines is 1. The van der Waals surface area contributed by atoms with Crippen molar-refractivity contribution in [3.05, 3.63) is 23.5 Å². The van der Waals surface area contributed by atoms with E-state index in [-0.39, 0.29) is 0 Å². The van der Waals surface area contributed by atoms with Gasteiger partial charge in [0.25, 0.3) is 0 Å². The standard InChI is InChI=1S/C8H10BrN3S/c1-6(9)3-11-7-4-10-5-8(12-7)13-2/h4-5H,1,3H2,2H3,(H,11,12). The number of thioether (sulfide) groups is 1. The molecule has 0 aliphatic carbocycles. The van der Waals surface area contributed by atoms with Gasteiger partial charge in [0.05, 0.1) is 12.4 Å². The Bertz CT molecular complexity index is 303. The average molecular weight is 260 g/mol. The van der Waals surface area contributed by atoms with E-state index in [9.17, 15) is 0 Å². The van der Waals surface area contributed by atoms with Gasteiger partial charge in [0.1, 0.15) is 10.8 Å². The summed E-state index contributed by atoms with van der Waals surface area (Å²) in [5, 5.41) is 3.99. The van der Waals surface area contributed by atoms with Crippen LogP contribution >= 0.6 is 27.7 Å². The third-order valence-corrected chi connectivity index (χ3v) is 2.18. The maximum absolute atomic E-state index is 4.29.